The lowest BCUT2D eigenvalue weighted by Gasteiger charge is -2.28. The Morgan fingerprint density at radius 1 is 0.957 bits per heavy atom. The molecule has 13 heteroatoms. The van der Waals surface area contributed by atoms with Gasteiger partial charge in [-0.3, -0.25) is 9.78 Å². The molecule has 2 aromatic carbocycles. The van der Waals surface area contributed by atoms with Crippen LogP contribution in [0.5, 0.6) is 0 Å². The van der Waals surface area contributed by atoms with Crippen molar-refractivity contribution in [3.8, 4) is 0 Å². The average molecular weight is 674 g/mol. The second kappa shape index (κ2) is 18.5. The zero-order chi connectivity index (χ0) is 34.4. The molecule has 0 bridgehead atoms. The van der Waals surface area contributed by atoms with Gasteiger partial charge >= 0.3 is 5.97 Å². The first kappa shape index (κ1) is 37.6. The number of halogens is 2. The molecule has 1 aromatic heterocycles. The Bertz CT molecular complexity index is 1540. The summed E-state index contributed by atoms with van der Waals surface area (Å²) >= 11 is 0. The molecule has 3 rings (SSSR count). The summed E-state index contributed by atoms with van der Waals surface area (Å²) in [7, 11) is -3.87. The summed E-state index contributed by atoms with van der Waals surface area (Å²) in [6.07, 6.45) is 5.63. The largest absolute Gasteiger partial charge is 0.458 e. The normalized spacial score (nSPS) is 13.6. The minimum Gasteiger partial charge on any atom is -0.458 e. The first-order valence-electron chi connectivity index (χ1n) is 15.9. The van der Waals surface area contributed by atoms with Gasteiger partial charge in [-0.25, -0.2) is 27.0 Å². The molecule has 47 heavy (non-hydrogen) atoms. The number of nitrogens with one attached hydrogen (secondary N) is 2. The minimum absolute atomic E-state index is 0.0347. The van der Waals surface area contributed by atoms with Gasteiger partial charge in [0.15, 0.2) is 9.84 Å². The van der Waals surface area contributed by atoms with Crippen molar-refractivity contribution in [2.24, 2.45) is 5.73 Å². The predicted octanol–water partition coefficient (Wildman–Crippen LogP) is 4.07. The number of esters is 1. The van der Waals surface area contributed by atoms with Crippen LogP contribution in [0.2, 0.25) is 0 Å². The Hall–Kier alpha value is -3.81. The van der Waals surface area contributed by atoms with Gasteiger partial charge in [0.2, 0.25) is 0 Å². The van der Waals surface area contributed by atoms with Crippen molar-refractivity contribution < 1.29 is 31.5 Å². The van der Waals surface area contributed by atoms with Crippen LogP contribution in [-0.2, 0) is 38.8 Å². The summed E-state index contributed by atoms with van der Waals surface area (Å²) < 4.78 is 60.9. The topological polar surface area (TPSA) is 153 Å². The van der Waals surface area contributed by atoms with E-state index in [2.05, 4.69) is 20.6 Å². The fourth-order valence-corrected chi connectivity index (χ4v) is 7.44. The minimum atomic E-state index is -3.87. The molecule has 1 heterocycles. The van der Waals surface area contributed by atoms with Gasteiger partial charge < -0.3 is 21.1 Å². The second-order valence-corrected chi connectivity index (χ2v) is 13.9. The monoisotopic (exact) mass is 673 g/mol. The first-order valence-corrected chi connectivity index (χ1v) is 17.6. The van der Waals surface area contributed by atoms with Gasteiger partial charge in [0.1, 0.15) is 29.5 Å². The van der Waals surface area contributed by atoms with Gasteiger partial charge in [0.05, 0.1) is 17.2 Å². The van der Waals surface area contributed by atoms with E-state index in [1.165, 1.54) is 18.6 Å². The fraction of sp³-hybridized carbons (Fsp3) is 0.471. The number of carbonyl (C=O) groups is 2. The quantitative estimate of drug-likeness (QED) is 0.160. The number of hydrogen-bond acceptors (Lipinski definition) is 9. The van der Waals surface area contributed by atoms with Gasteiger partial charge in [-0.15, -0.1) is 0 Å². The molecule has 256 valence electrons. The lowest BCUT2D eigenvalue weighted by molar-refractivity contribution is -0.151. The Morgan fingerprint density at radius 3 is 2.26 bits per heavy atom. The van der Waals surface area contributed by atoms with Crippen LogP contribution < -0.4 is 16.4 Å². The van der Waals surface area contributed by atoms with E-state index in [0.29, 0.717) is 32.2 Å². The zero-order valence-electron chi connectivity index (χ0n) is 27.1. The third-order valence-corrected chi connectivity index (χ3v) is 10.0. The number of benzene rings is 2. The van der Waals surface area contributed by atoms with Crippen molar-refractivity contribution in [1.82, 2.24) is 20.6 Å². The number of ether oxygens (including phenoxy) is 1. The maximum Gasteiger partial charge on any atom is 0.330 e. The number of carbonyl (C=O) groups excluding carboxylic acids is 2. The van der Waals surface area contributed by atoms with E-state index in [1.54, 1.807) is 0 Å². The van der Waals surface area contributed by atoms with Crippen LogP contribution in [-0.4, -0.2) is 66.0 Å². The highest BCUT2D eigenvalue weighted by atomic mass is 32.2. The fourth-order valence-electron chi connectivity index (χ4n) is 5.30. The van der Waals surface area contributed by atoms with Gasteiger partial charge in [-0.1, -0.05) is 57.9 Å². The summed E-state index contributed by atoms with van der Waals surface area (Å²) in [6.45, 7) is 6.24. The number of nitrogens with two attached hydrogens (primary N) is 1. The van der Waals surface area contributed by atoms with Gasteiger partial charge in [0.25, 0.3) is 5.91 Å². The van der Waals surface area contributed by atoms with Crippen LogP contribution in [0.25, 0.3) is 0 Å². The Kier molecular flexibility index (Phi) is 14.8. The summed E-state index contributed by atoms with van der Waals surface area (Å²) in [4.78, 5) is 34.6. The number of aromatic nitrogens is 2. The summed E-state index contributed by atoms with van der Waals surface area (Å²) in [5, 5.41) is 4.99. The molecule has 10 nitrogen and oxygen atoms in total. The van der Waals surface area contributed by atoms with Crippen LogP contribution in [0.15, 0.2) is 61.1 Å². The smallest absolute Gasteiger partial charge is 0.330 e. The van der Waals surface area contributed by atoms with E-state index in [4.69, 9.17) is 10.5 Å². The Labute approximate surface area is 275 Å². The maximum atomic E-state index is 14.0. The molecule has 0 aliphatic rings. The van der Waals surface area contributed by atoms with E-state index in [9.17, 15) is 26.8 Å². The average Bonchev–Trinajstić information content (AvgIpc) is 3.03. The highest BCUT2D eigenvalue weighted by Gasteiger charge is 2.35. The van der Waals surface area contributed by atoms with Crippen molar-refractivity contribution in [2.75, 3.05) is 12.3 Å². The van der Waals surface area contributed by atoms with Gasteiger partial charge in [-0.05, 0) is 54.5 Å². The molecule has 3 aromatic rings. The number of hydrogen-bond donors (Lipinski definition) is 3. The summed E-state index contributed by atoms with van der Waals surface area (Å²) in [6, 6.07) is 8.41. The van der Waals surface area contributed by atoms with E-state index in [1.807, 2.05) is 45.0 Å². The van der Waals surface area contributed by atoms with Crippen LogP contribution in [0.4, 0.5) is 8.78 Å². The molecular weight excluding hydrogens is 628 g/mol. The third-order valence-electron chi connectivity index (χ3n) is 7.73. The number of aryl methyl sites for hydroxylation is 1. The van der Waals surface area contributed by atoms with Crippen molar-refractivity contribution in [3.05, 3.63) is 95.1 Å². The number of rotatable bonds is 19. The first-order chi connectivity index (χ1) is 22.4. The summed E-state index contributed by atoms with van der Waals surface area (Å²) in [5.74, 6) is -4.07. The molecule has 0 saturated heterocycles. The van der Waals surface area contributed by atoms with Crippen LogP contribution in [0.3, 0.4) is 0 Å². The van der Waals surface area contributed by atoms with E-state index >= 15 is 0 Å². The molecule has 4 N–H and O–H groups in total. The predicted molar refractivity (Wildman–Crippen MR) is 176 cm³/mol. The molecule has 3 atom stereocenters. The van der Waals surface area contributed by atoms with Crippen LogP contribution >= 0.6 is 0 Å². The lowest BCUT2D eigenvalue weighted by Crippen LogP contribution is -2.52. The molecule has 0 saturated carbocycles. The molecule has 1 unspecified atom stereocenters. The summed E-state index contributed by atoms with van der Waals surface area (Å²) in [5.41, 5.74) is 8.75. The van der Waals surface area contributed by atoms with Crippen molar-refractivity contribution in [2.45, 2.75) is 89.3 Å². The van der Waals surface area contributed by atoms with E-state index in [0.717, 1.165) is 35.7 Å². The molecule has 0 radical (unpaired) electrons. The molecule has 0 aliphatic heterocycles. The molecular formula is C34H45F2N5O5S. The van der Waals surface area contributed by atoms with Crippen LogP contribution in [0, 0.1) is 11.6 Å². The molecule has 1 amide bonds. The van der Waals surface area contributed by atoms with Crippen molar-refractivity contribution in [1.29, 1.82) is 0 Å². The standard InChI is InChI=1S/C34H45F2N5O5S/c1-4-8-28(9-5-2)47(44,45)22-31(41-33(42)30-20-38-12-13-40-30)34(43)46-32(21-39-19-24-11-7-10-23(6-3)14-24)29(37)17-25-15-26(35)18-27(36)16-25/h7,10-16,18,20,28-29,31-32,39H,4-6,8-9,17,19,21-22,37H2,1-3H3,(H,41,42)/t29?,31-,32-/m1/s1. The van der Waals surface area contributed by atoms with Gasteiger partial charge in [-0.2, -0.15) is 0 Å². The van der Waals surface area contributed by atoms with Crippen molar-refractivity contribution in [3.63, 3.8) is 0 Å². The van der Waals surface area contributed by atoms with Crippen molar-refractivity contribution >= 4 is 21.7 Å². The number of nitrogens with zero attached hydrogens (tertiary/aromatic N) is 2. The highest BCUT2D eigenvalue weighted by Crippen LogP contribution is 2.18. The number of amides is 1. The van der Waals surface area contributed by atoms with Gasteiger partial charge in [0, 0.05) is 37.6 Å². The molecule has 0 fully saturated rings. The number of sulfone groups is 1. The van der Waals surface area contributed by atoms with E-state index in [-0.39, 0.29) is 24.2 Å². The maximum absolute atomic E-state index is 14.0. The highest BCUT2D eigenvalue weighted by molar-refractivity contribution is 7.92. The zero-order valence-corrected chi connectivity index (χ0v) is 27.9. The SMILES string of the molecule is CCCC(CCC)S(=O)(=O)C[C@@H](NC(=O)c1cnccn1)C(=O)O[C@H](CNCc1cccc(CC)c1)C(N)Cc1cc(F)cc(F)c1. The molecule has 0 spiro atoms. The second-order valence-electron chi connectivity index (χ2n) is 11.6. The Morgan fingerprint density at radius 2 is 1.64 bits per heavy atom. The van der Waals surface area contributed by atoms with E-state index < -0.39 is 62.5 Å². The lowest BCUT2D eigenvalue weighted by atomic mass is 10.0. The van der Waals surface area contributed by atoms with Crippen LogP contribution in [0.1, 0.15) is 73.6 Å². The molecule has 0 aliphatic carbocycles. The third kappa shape index (κ3) is 12.1. The Balaban J connectivity index is 1.88.